The summed E-state index contributed by atoms with van der Waals surface area (Å²) in [6.45, 7) is 3.79. The number of carbonyl (C=O) groups excluding carboxylic acids is 1. The number of nitrogens with two attached hydrogens (primary N) is 1. The molecule has 0 radical (unpaired) electrons. The van der Waals surface area contributed by atoms with Crippen molar-refractivity contribution in [2.75, 3.05) is 18.4 Å². The highest BCUT2D eigenvalue weighted by Crippen LogP contribution is 2.47. The van der Waals surface area contributed by atoms with Crippen LogP contribution in [0.25, 0.3) is 21.8 Å². The Morgan fingerprint density at radius 3 is 2.88 bits per heavy atom. The number of anilines is 1. The van der Waals surface area contributed by atoms with E-state index in [1.54, 1.807) is 0 Å². The van der Waals surface area contributed by atoms with Gasteiger partial charge in [-0.2, -0.15) is 0 Å². The molecule has 6 rings (SSSR count). The summed E-state index contributed by atoms with van der Waals surface area (Å²) >= 11 is 6.34. The van der Waals surface area contributed by atoms with E-state index in [-0.39, 0.29) is 5.91 Å². The lowest BCUT2D eigenvalue weighted by Crippen LogP contribution is -2.42. The van der Waals surface area contributed by atoms with Gasteiger partial charge in [0.15, 0.2) is 0 Å². The van der Waals surface area contributed by atoms with Crippen LogP contribution in [-0.4, -0.2) is 35.0 Å². The lowest BCUT2D eigenvalue weighted by molar-refractivity contribution is -0.122. The number of H-pyrrole nitrogens is 1. The molecule has 5 N–H and O–H groups in total. The second-order valence-corrected chi connectivity index (χ2v) is 12.0. The van der Waals surface area contributed by atoms with Crippen LogP contribution in [0.15, 0.2) is 60.3 Å². The van der Waals surface area contributed by atoms with Gasteiger partial charge in [0.2, 0.25) is 5.91 Å². The topological polar surface area (TPSA) is 95.8 Å². The quantitative estimate of drug-likeness (QED) is 0.130. The first-order valence-electron chi connectivity index (χ1n) is 14.6. The summed E-state index contributed by atoms with van der Waals surface area (Å²) in [6.07, 6.45) is 11.2. The van der Waals surface area contributed by atoms with Crippen molar-refractivity contribution in [3.63, 3.8) is 0 Å². The van der Waals surface area contributed by atoms with Crippen LogP contribution in [0.4, 0.5) is 5.69 Å². The molecular weight excluding hydrogens is 518 g/mol. The third-order valence-corrected chi connectivity index (χ3v) is 8.75. The van der Waals surface area contributed by atoms with Crippen molar-refractivity contribution in [2.24, 2.45) is 11.7 Å². The van der Waals surface area contributed by atoms with Crippen molar-refractivity contribution < 1.29 is 4.79 Å². The van der Waals surface area contributed by atoms with Gasteiger partial charge in [-0.15, -0.1) is 0 Å². The molecule has 2 unspecified atom stereocenters. The zero-order valence-corrected chi connectivity index (χ0v) is 23.9. The van der Waals surface area contributed by atoms with E-state index in [4.69, 9.17) is 22.3 Å². The van der Waals surface area contributed by atoms with E-state index in [9.17, 15) is 4.79 Å². The van der Waals surface area contributed by atoms with Gasteiger partial charge in [0.25, 0.3) is 0 Å². The molecule has 4 aromatic rings. The van der Waals surface area contributed by atoms with Crippen molar-refractivity contribution in [2.45, 2.75) is 63.8 Å². The first-order chi connectivity index (χ1) is 19.5. The SMILES string of the molecule is CC1=CC2Cc3nc4cc(Cl)ccc4c(NCCCCCNC(=O)[C@@H](N)Cc4c[nH]c5ccccc45)c3C(C1)C2. The molecule has 0 saturated carbocycles. The molecular formula is C33H38ClN5O. The average Bonchev–Trinajstić information content (AvgIpc) is 3.34. The molecule has 0 saturated heterocycles. The normalized spacial score (nSPS) is 18.8. The van der Waals surface area contributed by atoms with E-state index in [1.165, 1.54) is 28.9 Å². The van der Waals surface area contributed by atoms with Crippen LogP contribution in [0.3, 0.4) is 0 Å². The van der Waals surface area contributed by atoms with Gasteiger partial charge in [-0.05, 0) is 93.5 Å². The lowest BCUT2D eigenvalue weighted by atomic mass is 9.71. The third-order valence-electron chi connectivity index (χ3n) is 8.51. The minimum atomic E-state index is -0.557. The van der Waals surface area contributed by atoms with Crippen LogP contribution in [0.1, 0.15) is 61.8 Å². The fraction of sp³-hybridized carbons (Fsp3) is 0.394. The monoisotopic (exact) mass is 555 g/mol. The maximum absolute atomic E-state index is 12.6. The number of para-hydroxylation sites is 1. The van der Waals surface area contributed by atoms with Gasteiger partial charge >= 0.3 is 0 Å². The summed E-state index contributed by atoms with van der Waals surface area (Å²) in [5.74, 6) is 1.03. The van der Waals surface area contributed by atoms with Crippen molar-refractivity contribution >= 4 is 45.0 Å². The molecule has 2 aromatic heterocycles. The summed E-state index contributed by atoms with van der Waals surface area (Å²) in [5.41, 5.74) is 14.7. The number of pyridine rings is 1. The van der Waals surface area contributed by atoms with E-state index in [0.29, 0.717) is 24.8 Å². The van der Waals surface area contributed by atoms with Crippen molar-refractivity contribution in [1.82, 2.24) is 15.3 Å². The molecule has 2 aliphatic rings. The third kappa shape index (κ3) is 5.61. The van der Waals surface area contributed by atoms with Gasteiger partial charge in [0, 0.05) is 57.5 Å². The van der Waals surface area contributed by atoms with Gasteiger partial charge in [-0.1, -0.05) is 41.4 Å². The number of fused-ring (bicyclic) bond motifs is 6. The maximum atomic E-state index is 12.6. The van der Waals surface area contributed by atoms with Crippen LogP contribution < -0.4 is 16.4 Å². The number of hydrogen-bond acceptors (Lipinski definition) is 4. The molecule has 6 nitrogen and oxygen atoms in total. The van der Waals surface area contributed by atoms with Gasteiger partial charge < -0.3 is 21.4 Å². The number of rotatable bonds is 10. The fourth-order valence-corrected chi connectivity index (χ4v) is 6.86. The predicted molar refractivity (Wildman–Crippen MR) is 165 cm³/mol. The average molecular weight is 556 g/mol. The van der Waals surface area contributed by atoms with Crippen LogP contribution in [0.5, 0.6) is 0 Å². The Labute approximate surface area is 240 Å². The van der Waals surface area contributed by atoms with Crippen LogP contribution in [0, 0.1) is 5.92 Å². The van der Waals surface area contributed by atoms with E-state index in [1.807, 2.05) is 36.5 Å². The summed E-state index contributed by atoms with van der Waals surface area (Å²) in [7, 11) is 0. The lowest BCUT2D eigenvalue weighted by Gasteiger charge is -2.36. The van der Waals surface area contributed by atoms with Gasteiger partial charge in [-0.25, -0.2) is 0 Å². The second kappa shape index (κ2) is 11.6. The molecule has 2 aromatic carbocycles. The standard InChI is InChI=1S/C33H38ClN5O/c1-20-13-21-15-22(14-20)31-30(16-21)39-29-18-24(34)9-10-26(29)32(31)36-11-5-2-6-12-37-33(40)27(35)17-23-19-38-28-8-4-3-7-25(23)28/h3-4,7-10,13,18-19,21-22,27,38H,2,5-6,11-12,14-17,35H2,1H3,(H,36,39)(H,37,40)/t21?,22?,27-/m0/s1. The maximum Gasteiger partial charge on any atom is 0.237 e. The highest BCUT2D eigenvalue weighted by Gasteiger charge is 2.33. The van der Waals surface area contributed by atoms with E-state index in [2.05, 4.69) is 40.8 Å². The molecule has 2 bridgehead atoms. The number of aromatic amines is 1. The Bertz CT molecular complexity index is 1570. The highest BCUT2D eigenvalue weighted by atomic mass is 35.5. The molecule has 2 aliphatic carbocycles. The summed E-state index contributed by atoms with van der Waals surface area (Å²) < 4.78 is 0. The number of nitrogens with zero attached hydrogens (tertiary/aromatic N) is 1. The number of benzene rings is 2. The van der Waals surface area contributed by atoms with Crippen LogP contribution >= 0.6 is 11.6 Å². The Kier molecular flexibility index (Phi) is 7.81. The largest absolute Gasteiger partial charge is 0.384 e. The molecule has 208 valence electrons. The number of hydrogen-bond donors (Lipinski definition) is 4. The van der Waals surface area contributed by atoms with E-state index >= 15 is 0 Å². The summed E-state index contributed by atoms with van der Waals surface area (Å²) in [6, 6.07) is 13.6. The van der Waals surface area contributed by atoms with Gasteiger partial charge in [0.05, 0.1) is 11.6 Å². The number of carbonyl (C=O) groups is 1. The molecule has 3 atom stereocenters. The number of allylic oxidation sites excluding steroid dienone is 2. The smallest absolute Gasteiger partial charge is 0.237 e. The van der Waals surface area contributed by atoms with Crippen LogP contribution in [0.2, 0.25) is 5.02 Å². The molecule has 1 amide bonds. The summed E-state index contributed by atoms with van der Waals surface area (Å²) in [5, 5.41) is 9.83. The van der Waals surface area contributed by atoms with E-state index in [0.717, 1.165) is 71.0 Å². The molecule has 0 spiro atoms. The molecule has 2 heterocycles. The number of nitrogens with one attached hydrogen (secondary N) is 3. The molecule has 40 heavy (non-hydrogen) atoms. The van der Waals surface area contributed by atoms with Crippen molar-refractivity contribution in [3.05, 3.63) is 82.2 Å². The number of halogens is 1. The minimum absolute atomic E-state index is 0.0907. The molecule has 7 heteroatoms. The van der Waals surface area contributed by atoms with E-state index < -0.39 is 6.04 Å². The number of unbranched alkanes of at least 4 members (excludes halogenated alkanes) is 2. The Balaban J connectivity index is 1.01. The Morgan fingerprint density at radius 1 is 1.12 bits per heavy atom. The zero-order chi connectivity index (χ0) is 27.6. The highest BCUT2D eigenvalue weighted by molar-refractivity contribution is 6.31. The predicted octanol–water partition coefficient (Wildman–Crippen LogP) is 6.63. The summed E-state index contributed by atoms with van der Waals surface area (Å²) in [4.78, 5) is 20.9. The van der Waals surface area contributed by atoms with Crippen LogP contribution in [-0.2, 0) is 17.6 Å². The number of amides is 1. The van der Waals surface area contributed by atoms with Crippen molar-refractivity contribution in [3.8, 4) is 0 Å². The first kappa shape index (κ1) is 26.9. The number of aromatic nitrogens is 2. The Hall–Kier alpha value is -3.35. The van der Waals surface area contributed by atoms with Crippen molar-refractivity contribution in [1.29, 1.82) is 0 Å². The second-order valence-electron chi connectivity index (χ2n) is 11.6. The minimum Gasteiger partial charge on any atom is -0.384 e. The molecule has 0 aliphatic heterocycles. The van der Waals surface area contributed by atoms with Gasteiger partial charge in [-0.3, -0.25) is 9.78 Å². The molecule has 0 fully saturated rings. The zero-order valence-electron chi connectivity index (χ0n) is 23.1. The van der Waals surface area contributed by atoms with Gasteiger partial charge in [0.1, 0.15) is 0 Å². The first-order valence-corrected chi connectivity index (χ1v) is 15.0. The fourth-order valence-electron chi connectivity index (χ4n) is 6.69. The Morgan fingerprint density at radius 2 is 1.98 bits per heavy atom.